The molecule has 0 fully saturated rings. The van der Waals surface area contributed by atoms with Gasteiger partial charge in [0.1, 0.15) is 5.75 Å². The standard InChI is InChI=1S/C13H13NO/c1-9(8-14)12-6-4-10-3-5-11(15-2)7-13(10)12/h3,5,7H,4,6H2,1-2H3/b12-9+. The number of nitriles is 1. The van der Waals surface area contributed by atoms with Gasteiger partial charge in [-0.2, -0.15) is 5.26 Å². The molecule has 1 aliphatic carbocycles. The van der Waals surface area contributed by atoms with Crippen LogP contribution >= 0.6 is 0 Å². The van der Waals surface area contributed by atoms with Crippen molar-refractivity contribution in [1.82, 2.24) is 0 Å². The number of fused-ring (bicyclic) bond motifs is 1. The molecule has 15 heavy (non-hydrogen) atoms. The van der Waals surface area contributed by atoms with Crippen molar-refractivity contribution >= 4 is 5.57 Å². The minimum atomic E-state index is 0.821. The van der Waals surface area contributed by atoms with Gasteiger partial charge in [0.25, 0.3) is 0 Å². The highest BCUT2D eigenvalue weighted by atomic mass is 16.5. The van der Waals surface area contributed by atoms with Gasteiger partial charge in [-0.3, -0.25) is 0 Å². The van der Waals surface area contributed by atoms with E-state index in [-0.39, 0.29) is 0 Å². The lowest BCUT2D eigenvalue weighted by atomic mass is 10.0. The molecule has 0 amide bonds. The molecule has 2 rings (SSSR count). The number of nitrogens with zero attached hydrogens (tertiary/aromatic N) is 1. The van der Waals surface area contributed by atoms with Gasteiger partial charge >= 0.3 is 0 Å². The molecule has 0 heterocycles. The minimum absolute atomic E-state index is 0.821. The van der Waals surface area contributed by atoms with Gasteiger partial charge in [0, 0.05) is 5.57 Å². The van der Waals surface area contributed by atoms with Crippen LogP contribution in [-0.4, -0.2) is 7.11 Å². The molecule has 0 aliphatic heterocycles. The Hall–Kier alpha value is -1.75. The fourth-order valence-electron chi connectivity index (χ4n) is 2.03. The molecule has 0 spiro atoms. The third kappa shape index (κ3) is 1.61. The minimum Gasteiger partial charge on any atom is -0.497 e. The fraction of sp³-hybridized carbons (Fsp3) is 0.308. The van der Waals surface area contributed by atoms with E-state index in [1.54, 1.807) is 7.11 Å². The summed E-state index contributed by atoms with van der Waals surface area (Å²) in [5, 5.41) is 8.91. The number of aryl methyl sites for hydroxylation is 1. The first-order valence-corrected chi connectivity index (χ1v) is 5.03. The summed E-state index contributed by atoms with van der Waals surface area (Å²) in [7, 11) is 1.66. The van der Waals surface area contributed by atoms with Gasteiger partial charge in [-0.1, -0.05) is 6.07 Å². The molecule has 0 unspecified atom stereocenters. The maximum Gasteiger partial charge on any atom is 0.119 e. The third-order valence-electron chi connectivity index (χ3n) is 2.91. The monoisotopic (exact) mass is 199 g/mol. The first-order chi connectivity index (χ1) is 7.26. The van der Waals surface area contributed by atoms with E-state index in [4.69, 9.17) is 10.00 Å². The summed E-state index contributed by atoms with van der Waals surface area (Å²) in [4.78, 5) is 0. The van der Waals surface area contributed by atoms with E-state index >= 15 is 0 Å². The zero-order valence-electron chi connectivity index (χ0n) is 9.00. The largest absolute Gasteiger partial charge is 0.497 e. The van der Waals surface area contributed by atoms with Gasteiger partial charge in [0.05, 0.1) is 13.2 Å². The second-order valence-electron chi connectivity index (χ2n) is 3.74. The van der Waals surface area contributed by atoms with Crippen LogP contribution in [0.25, 0.3) is 5.57 Å². The van der Waals surface area contributed by atoms with Crippen LogP contribution in [0.1, 0.15) is 24.5 Å². The number of benzene rings is 1. The van der Waals surface area contributed by atoms with E-state index in [2.05, 4.69) is 12.1 Å². The van der Waals surface area contributed by atoms with Crippen molar-refractivity contribution in [3.05, 3.63) is 34.9 Å². The van der Waals surface area contributed by atoms with Crippen LogP contribution in [0.5, 0.6) is 5.75 Å². The number of allylic oxidation sites excluding steroid dienone is 2. The molecule has 0 N–H and O–H groups in total. The van der Waals surface area contributed by atoms with Crippen molar-refractivity contribution in [2.45, 2.75) is 19.8 Å². The smallest absolute Gasteiger partial charge is 0.119 e. The van der Waals surface area contributed by atoms with Crippen LogP contribution in [0.2, 0.25) is 0 Å². The van der Waals surface area contributed by atoms with Crippen LogP contribution in [0, 0.1) is 11.3 Å². The van der Waals surface area contributed by atoms with Crippen LogP contribution in [0.15, 0.2) is 23.8 Å². The van der Waals surface area contributed by atoms with Crippen LogP contribution in [0.4, 0.5) is 0 Å². The van der Waals surface area contributed by atoms with E-state index in [1.807, 2.05) is 19.1 Å². The zero-order valence-corrected chi connectivity index (χ0v) is 9.00. The van der Waals surface area contributed by atoms with Crippen molar-refractivity contribution in [2.24, 2.45) is 0 Å². The molecule has 2 nitrogen and oxygen atoms in total. The van der Waals surface area contributed by atoms with E-state index in [0.717, 1.165) is 24.2 Å². The molecule has 76 valence electrons. The topological polar surface area (TPSA) is 33.0 Å². The number of ether oxygens (including phenoxy) is 1. The molecule has 0 saturated heterocycles. The second kappa shape index (κ2) is 3.78. The normalized spacial score (nSPS) is 16.9. The molecule has 0 bridgehead atoms. The van der Waals surface area contributed by atoms with Gasteiger partial charge in [-0.15, -0.1) is 0 Å². The summed E-state index contributed by atoms with van der Waals surface area (Å²) in [6, 6.07) is 8.32. The lowest BCUT2D eigenvalue weighted by Gasteiger charge is -2.05. The Bertz CT molecular complexity index is 466. The van der Waals surface area contributed by atoms with Crippen LogP contribution in [0.3, 0.4) is 0 Å². The average molecular weight is 199 g/mol. The summed E-state index contributed by atoms with van der Waals surface area (Å²) in [5.41, 5.74) is 4.50. The average Bonchev–Trinajstić information content (AvgIpc) is 2.70. The van der Waals surface area contributed by atoms with Crippen LogP contribution in [-0.2, 0) is 6.42 Å². The van der Waals surface area contributed by atoms with E-state index in [0.29, 0.717) is 0 Å². The number of hydrogen-bond acceptors (Lipinski definition) is 2. The Morgan fingerprint density at radius 1 is 1.40 bits per heavy atom. The lowest BCUT2D eigenvalue weighted by Crippen LogP contribution is -1.87. The molecule has 0 atom stereocenters. The third-order valence-corrected chi connectivity index (χ3v) is 2.91. The van der Waals surface area contributed by atoms with Gasteiger partial charge in [0.2, 0.25) is 0 Å². The Labute approximate surface area is 89.8 Å². The second-order valence-corrected chi connectivity index (χ2v) is 3.74. The fourth-order valence-corrected chi connectivity index (χ4v) is 2.03. The Kier molecular flexibility index (Phi) is 2.47. The molecule has 1 aromatic carbocycles. The van der Waals surface area contributed by atoms with Gasteiger partial charge in [0.15, 0.2) is 0 Å². The molecule has 0 saturated carbocycles. The molecule has 0 aromatic heterocycles. The Morgan fingerprint density at radius 2 is 2.20 bits per heavy atom. The Morgan fingerprint density at radius 3 is 2.87 bits per heavy atom. The van der Waals surface area contributed by atoms with Gasteiger partial charge in [-0.25, -0.2) is 0 Å². The van der Waals surface area contributed by atoms with Crippen molar-refractivity contribution in [1.29, 1.82) is 5.26 Å². The molecular weight excluding hydrogens is 186 g/mol. The summed E-state index contributed by atoms with van der Waals surface area (Å²) >= 11 is 0. The first kappa shape index (κ1) is 9.79. The first-order valence-electron chi connectivity index (χ1n) is 5.03. The zero-order chi connectivity index (χ0) is 10.8. The number of rotatable bonds is 1. The molecular formula is C13H13NO. The maximum absolute atomic E-state index is 8.91. The van der Waals surface area contributed by atoms with E-state index < -0.39 is 0 Å². The highest BCUT2D eigenvalue weighted by molar-refractivity contribution is 5.77. The maximum atomic E-state index is 8.91. The predicted molar refractivity (Wildman–Crippen MR) is 59.5 cm³/mol. The summed E-state index contributed by atoms with van der Waals surface area (Å²) in [5.74, 6) is 0.860. The van der Waals surface area contributed by atoms with Crippen molar-refractivity contribution in [3.8, 4) is 11.8 Å². The highest BCUT2D eigenvalue weighted by Crippen LogP contribution is 2.36. The quantitative estimate of drug-likeness (QED) is 0.651. The number of methoxy groups -OCH3 is 1. The summed E-state index contributed by atoms with van der Waals surface area (Å²) in [6.45, 7) is 1.88. The van der Waals surface area contributed by atoms with Crippen LogP contribution < -0.4 is 4.74 Å². The van der Waals surface area contributed by atoms with Crippen molar-refractivity contribution < 1.29 is 4.74 Å². The van der Waals surface area contributed by atoms with Gasteiger partial charge in [-0.05, 0) is 48.6 Å². The van der Waals surface area contributed by atoms with E-state index in [9.17, 15) is 0 Å². The van der Waals surface area contributed by atoms with Crippen molar-refractivity contribution in [2.75, 3.05) is 7.11 Å². The lowest BCUT2D eigenvalue weighted by molar-refractivity contribution is 0.414. The van der Waals surface area contributed by atoms with E-state index in [1.165, 1.54) is 16.7 Å². The molecule has 1 aliphatic rings. The molecule has 0 radical (unpaired) electrons. The van der Waals surface area contributed by atoms with Gasteiger partial charge < -0.3 is 4.74 Å². The predicted octanol–water partition coefficient (Wildman–Crippen LogP) is 2.94. The Balaban J connectivity index is 2.55. The molecule has 2 heteroatoms. The summed E-state index contributed by atoms with van der Waals surface area (Å²) < 4.78 is 5.20. The van der Waals surface area contributed by atoms with Crippen molar-refractivity contribution in [3.63, 3.8) is 0 Å². The SMILES string of the molecule is COc1ccc2c(c1)/C(=C(\C)C#N)CC2. The molecule has 1 aromatic rings. The highest BCUT2D eigenvalue weighted by Gasteiger charge is 2.18. The number of hydrogen-bond donors (Lipinski definition) is 0. The summed E-state index contributed by atoms with van der Waals surface area (Å²) in [6.07, 6.45) is 2.01.